The maximum Gasteiger partial charge on any atom is 0.303 e. The van der Waals surface area contributed by atoms with E-state index in [1.165, 1.54) is 0 Å². The van der Waals surface area contributed by atoms with Gasteiger partial charge in [0.05, 0.1) is 0 Å². The fraction of sp³-hybridized carbons (Fsp3) is 0.727. The van der Waals surface area contributed by atoms with Gasteiger partial charge in [0.2, 0.25) is 5.91 Å². The van der Waals surface area contributed by atoms with Gasteiger partial charge >= 0.3 is 5.97 Å². The number of nitrogens with two attached hydrogens (primary N) is 1. The second kappa shape index (κ2) is 8.46. The summed E-state index contributed by atoms with van der Waals surface area (Å²) in [5, 5.41) is 15.8. The maximum absolute atomic E-state index is 11.4. The number of amides is 1. The van der Waals surface area contributed by atoms with E-state index >= 15 is 0 Å². The van der Waals surface area contributed by atoms with E-state index in [0.717, 1.165) is 13.3 Å². The number of likely N-dealkylation sites (tertiary alicyclic amines) is 1. The molecular weight excluding hydrogens is 240 g/mol. The highest BCUT2D eigenvalue weighted by Crippen LogP contribution is 2.10. The van der Waals surface area contributed by atoms with Crippen LogP contribution in [0.4, 0.5) is 0 Å². The van der Waals surface area contributed by atoms with Crippen molar-refractivity contribution in [1.82, 2.24) is 4.90 Å². The molecule has 1 aliphatic heterocycles. The lowest BCUT2D eigenvalue weighted by atomic mass is 10.2. The summed E-state index contributed by atoms with van der Waals surface area (Å²) in [7, 11) is 0. The molecule has 1 fully saturated rings. The van der Waals surface area contributed by atoms with Crippen LogP contribution in [0, 0.1) is 0 Å². The van der Waals surface area contributed by atoms with Crippen molar-refractivity contribution in [2.75, 3.05) is 13.1 Å². The van der Waals surface area contributed by atoms with E-state index in [1.807, 2.05) is 0 Å². The third kappa shape index (κ3) is 8.51. The summed E-state index contributed by atoms with van der Waals surface area (Å²) >= 11 is 0. The van der Waals surface area contributed by atoms with Gasteiger partial charge in [-0.15, -0.1) is 0 Å². The SMILES string of the molecule is CC(=O)O.NC1CCN(C(=O)CCCC(=O)O)C1. The van der Waals surface area contributed by atoms with E-state index in [-0.39, 0.29) is 18.4 Å². The molecule has 1 atom stereocenters. The number of carboxylic acids is 2. The predicted molar refractivity (Wildman–Crippen MR) is 64.0 cm³/mol. The van der Waals surface area contributed by atoms with E-state index in [1.54, 1.807) is 4.90 Å². The van der Waals surface area contributed by atoms with E-state index in [0.29, 0.717) is 25.9 Å². The molecule has 0 spiro atoms. The Labute approximate surface area is 106 Å². The molecular formula is C11H20N2O5. The molecule has 4 N–H and O–H groups in total. The van der Waals surface area contributed by atoms with Crippen LogP contribution in [0.25, 0.3) is 0 Å². The summed E-state index contributed by atoms with van der Waals surface area (Å²) in [4.78, 5) is 32.4. The molecule has 18 heavy (non-hydrogen) atoms. The van der Waals surface area contributed by atoms with E-state index in [9.17, 15) is 9.59 Å². The van der Waals surface area contributed by atoms with Crippen LogP contribution in [0.1, 0.15) is 32.6 Å². The van der Waals surface area contributed by atoms with Gasteiger partial charge in [0.15, 0.2) is 0 Å². The van der Waals surface area contributed by atoms with Gasteiger partial charge in [0.25, 0.3) is 5.97 Å². The Morgan fingerprint density at radius 1 is 1.28 bits per heavy atom. The lowest BCUT2D eigenvalue weighted by Crippen LogP contribution is -2.31. The molecule has 0 aromatic carbocycles. The molecule has 0 bridgehead atoms. The fourth-order valence-electron chi connectivity index (χ4n) is 1.56. The standard InChI is InChI=1S/C9H16N2O3.C2H4O2/c10-7-4-5-11(6-7)8(12)2-1-3-9(13)14;1-2(3)4/h7H,1-6,10H2,(H,13,14);1H3,(H,3,4). The minimum absolute atomic E-state index is 0.0270. The van der Waals surface area contributed by atoms with Crippen molar-refractivity contribution in [3.63, 3.8) is 0 Å². The third-order valence-corrected chi connectivity index (χ3v) is 2.36. The van der Waals surface area contributed by atoms with Gasteiger partial charge in [-0.2, -0.15) is 0 Å². The number of carbonyl (C=O) groups excluding carboxylic acids is 1. The smallest absolute Gasteiger partial charge is 0.303 e. The number of carboxylic acid groups (broad SMARTS) is 2. The number of carbonyl (C=O) groups is 3. The molecule has 7 heteroatoms. The average Bonchev–Trinajstić information content (AvgIpc) is 2.63. The average molecular weight is 260 g/mol. The van der Waals surface area contributed by atoms with Crippen molar-refractivity contribution >= 4 is 17.8 Å². The second-order valence-electron chi connectivity index (χ2n) is 4.15. The maximum atomic E-state index is 11.4. The third-order valence-electron chi connectivity index (χ3n) is 2.36. The Balaban J connectivity index is 0.000000631. The van der Waals surface area contributed by atoms with Crippen molar-refractivity contribution in [2.45, 2.75) is 38.6 Å². The Morgan fingerprint density at radius 3 is 2.22 bits per heavy atom. The molecule has 0 aliphatic carbocycles. The Kier molecular flexibility index (Phi) is 7.69. The van der Waals surface area contributed by atoms with Crippen molar-refractivity contribution < 1.29 is 24.6 Å². The van der Waals surface area contributed by atoms with Gasteiger partial charge in [0.1, 0.15) is 0 Å². The molecule has 1 rings (SSSR count). The summed E-state index contributed by atoms with van der Waals surface area (Å²) in [6.07, 6.45) is 1.65. The number of hydrogen-bond acceptors (Lipinski definition) is 4. The van der Waals surface area contributed by atoms with Crippen molar-refractivity contribution in [2.24, 2.45) is 5.73 Å². The van der Waals surface area contributed by atoms with Crippen molar-refractivity contribution in [3.8, 4) is 0 Å². The van der Waals surface area contributed by atoms with Crippen LogP contribution in [0.5, 0.6) is 0 Å². The largest absolute Gasteiger partial charge is 0.481 e. The molecule has 1 amide bonds. The summed E-state index contributed by atoms with van der Waals surface area (Å²) in [5.41, 5.74) is 5.65. The number of rotatable bonds is 4. The molecule has 0 aromatic rings. The fourth-order valence-corrected chi connectivity index (χ4v) is 1.56. The summed E-state index contributed by atoms with van der Waals surface area (Å²) in [5.74, 6) is -1.66. The molecule has 1 saturated heterocycles. The van der Waals surface area contributed by atoms with Gasteiger partial charge in [-0.25, -0.2) is 0 Å². The number of nitrogens with zero attached hydrogens (tertiary/aromatic N) is 1. The second-order valence-corrected chi connectivity index (χ2v) is 4.15. The minimum Gasteiger partial charge on any atom is -0.481 e. The zero-order valence-corrected chi connectivity index (χ0v) is 10.5. The van der Waals surface area contributed by atoms with Crippen LogP contribution >= 0.6 is 0 Å². The van der Waals surface area contributed by atoms with Gasteiger partial charge in [-0.05, 0) is 12.8 Å². The van der Waals surface area contributed by atoms with Gasteiger partial charge < -0.3 is 20.8 Å². The molecule has 0 radical (unpaired) electrons. The monoisotopic (exact) mass is 260 g/mol. The first-order valence-electron chi connectivity index (χ1n) is 5.77. The molecule has 1 heterocycles. The molecule has 0 aromatic heterocycles. The highest BCUT2D eigenvalue weighted by molar-refractivity contribution is 5.77. The van der Waals surface area contributed by atoms with Crippen LogP contribution in [-0.4, -0.2) is 52.1 Å². The summed E-state index contributed by atoms with van der Waals surface area (Å²) in [6.45, 7) is 2.42. The van der Waals surface area contributed by atoms with E-state index < -0.39 is 11.9 Å². The van der Waals surface area contributed by atoms with Crippen molar-refractivity contribution in [1.29, 1.82) is 0 Å². The zero-order chi connectivity index (χ0) is 14.1. The lowest BCUT2D eigenvalue weighted by molar-refractivity contribution is -0.137. The number of hydrogen-bond donors (Lipinski definition) is 3. The van der Waals surface area contributed by atoms with Crippen LogP contribution in [-0.2, 0) is 14.4 Å². The Bertz CT molecular complexity index is 302. The quantitative estimate of drug-likeness (QED) is 0.648. The topological polar surface area (TPSA) is 121 Å². The lowest BCUT2D eigenvalue weighted by Gasteiger charge is -2.14. The zero-order valence-electron chi connectivity index (χ0n) is 10.5. The Hall–Kier alpha value is -1.63. The highest BCUT2D eigenvalue weighted by Gasteiger charge is 2.22. The van der Waals surface area contributed by atoms with E-state index in [2.05, 4.69) is 0 Å². The van der Waals surface area contributed by atoms with Crippen molar-refractivity contribution in [3.05, 3.63) is 0 Å². The van der Waals surface area contributed by atoms with Gasteiger partial charge in [-0.3, -0.25) is 14.4 Å². The first kappa shape index (κ1) is 16.4. The van der Waals surface area contributed by atoms with Gasteiger partial charge in [-0.1, -0.05) is 0 Å². The predicted octanol–water partition coefficient (Wildman–Crippen LogP) is -0.108. The Morgan fingerprint density at radius 2 is 1.83 bits per heavy atom. The molecule has 104 valence electrons. The van der Waals surface area contributed by atoms with Crippen LogP contribution in [0.3, 0.4) is 0 Å². The molecule has 7 nitrogen and oxygen atoms in total. The summed E-state index contributed by atoms with van der Waals surface area (Å²) in [6, 6.07) is 0.0958. The van der Waals surface area contributed by atoms with Gasteiger partial charge in [0, 0.05) is 38.9 Å². The first-order valence-corrected chi connectivity index (χ1v) is 5.77. The van der Waals surface area contributed by atoms with E-state index in [4.69, 9.17) is 20.7 Å². The first-order chi connectivity index (χ1) is 8.32. The normalized spacial score (nSPS) is 17.9. The highest BCUT2D eigenvalue weighted by atomic mass is 16.4. The van der Waals surface area contributed by atoms with Crippen LogP contribution < -0.4 is 5.73 Å². The number of aliphatic carboxylic acids is 2. The molecule has 1 aliphatic rings. The molecule has 1 unspecified atom stereocenters. The van der Waals surface area contributed by atoms with Crippen LogP contribution in [0.15, 0.2) is 0 Å². The minimum atomic E-state index is -0.851. The summed E-state index contributed by atoms with van der Waals surface area (Å²) < 4.78 is 0. The van der Waals surface area contributed by atoms with Crippen LogP contribution in [0.2, 0.25) is 0 Å². The molecule has 0 saturated carbocycles.